The third-order valence-electron chi connectivity index (χ3n) is 4.16. The molecule has 2 nitrogen and oxygen atoms in total. The van der Waals surface area contributed by atoms with Gasteiger partial charge in [-0.1, -0.05) is 13.3 Å². The van der Waals surface area contributed by atoms with E-state index in [1.54, 1.807) is 0 Å². The van der Waals surface area contributed by atoms with E-state index in [-0.39, 0.29) is 12.1 Å². The van der Waals surface area contributed by atoms with Crippen LogP contribution in [0.4, 0.5) is 0 Å². The van der Waals surface area contributed by atoms with Crippen LogP contribution >= 0.6 is 0 Å². The van der Waals surface area contributed by atoms with Crippen molar-refractivity contribution < 1.29 is 9.53 Å². The largest absolute Gasteiger partial charge is 0.463 e. The third-order valence-corrected chi connectivity index (χ3v) is 4.16. The van der Waals surface area contributed by atoms with E-state index in [2.05, 4.69) is 6.92 Å². The van der Waals surface area contributed by atoms with Crippen molar-refractivity contribution in [2.75, 3.05) is 0 Å². The lowest BCUT2D eigenvalue weighted by atomic mass is 9.67. The molecule has 0 aromatic heterocycles. The van der Waals surface area contributed by atoms with Crippen molar-refractivity contribution in [2.45, 2.75) is 58.5 Å². The average molecular weight is 210 g/mol. The van der Waals surface area contributed by atoms with Gasteiger partial charge in [0.05, 0.1) is 0 Å². The normalized spacial score (nSPS) is 40.7. The maximum atomic E-state index is 10.9. The van der Waals surface area contributed by atoms with Gasteiger partial charge in [0.1, 0.15) is 6.10 Å². The first-order chi connectivity index (χ1) is 7.15. The molecule has 2 heteroatoms. The molecule has 0 amide bonds. The summed E-state index contributed by atoms with van der Waals surface area (Å²) < 4.78 is 5.33. The monoisotopic (exact) mass is 210 g/mol. The molecule has 0 spiro atoms. The zero-order chi connectivity index (χ0) is 10.8. The molecule has 2 aliphatic rings. The van der Waals surface area contributed by atoms with Gasteiger partial charge in [0.25, 0.3) is 0 Å². The van der Waals surface area contributed by atoms with Crippen LogP contribution in [0.25, 0.3) is 0 Å². The molecule has 15 heavy (non-hydrogen) atoms. The van der Waals surface area contributed by atoms with Crippen LogP contribution in [0, 0.1) is 17.8 Å². The van der Waals surface area contributed by atoms with E-state index in [0.717, 1.165) is 30.6 Å². The molecular formula is C13H22O2. The number of rotatable bonds is 1. The molecule has 0 aliphatic heterocycles. The van der Waals surface area contributed by atoms with E-state index in [9.17, 15) is 4.79 Å². The molecule has 2 fully saturated rings. The predicted octanol–water partition coefficient (Wildman–Crippen LogP) is 3.15. The van der Waals surface area contributed by atoms with E-state index in [1.807, 2.05) is 0 Å². The zero-order valence-corrected chi connectivity index (χ0v) is 9.87. The molecule has 0 aromatic carbocycles. The van der Waals surface area contributed by atoms with Gasteiger partial charge in [-0.15, -0.1) is 0 Å². The Morgan fingerprint density at radius 2 is 1.73 bits per heavy atom. The molecule has 4 atom stereocenters. The summed E-state index contributed by atoms with van der Waals surface area (Å²) in [5.41, 5.74) is 0. The van der Waals surface area contributed by atoms with Gasteiger partial charge in [0.2, 0.25) is 0 Å². The molecule has 2 rings (SSSR count). The fourth-order valence-corrected chi connectivity index (χ4v) is 3.42. The lowest BCUT2D eigenvalue weighted by Crippen LogP contribution is -2.34. The van der Waals surface area contributed by atoms with Crippen molar-refractivity contribution in [2.24, 2.45) is 17.8 Å². The summed E-state index contributed by atoms with van der Waals surface area (Å²) >= 11 is 0. The summed E-state index contributed by atoms with van der Waals surface area (Å²) in [6.07, 6.45) is 7.82. The Kier molecular flexibility index (Phi) is 3.32. The van der Waals surface area contributed by atoms with Crippen LogP contribution in [0.1, 0.15) is 52.4 Å². The van der Waals surface area contributed by atoms with Crippen LogP contribution in [0.15, 0.2) is 0 Å². The molecular weight excluding hydrogens is 188 g/mol. The minimum absolute atomic E-state index is 0.109. The molecule has 4 unspecified atom stereocenters. The van der Waals surface area contributed by atoms with E-state index in [1.165, 1.54) is 32.6 Å². The van der Waals surface area contributed by atoms with Crippen molar-refractivity contribution in [1.82, 2.24) is 0 Å². The maximum Gasteiger partial charge on any atom is 0.302 e. The molecule has 2 aliphatic carbocycles. The second-order valence-corrected chi connectivity index (χ2v) is 5.48. The Balaban J connectivity index is 1.87. The Morgan fingerprint density at radius 1 is 1.07 bits per heavy atom. The SMILES string of the molecule is CC(=O)OC1CCC2CC(C)CCC2C1. The molecule has 0 bridgehead atoms. The fraction of sp³-hybridized carbons (Fsp3) is 0.923. The maximum absolute atomic E-state index is 10.9. The standard InChI is InChI=1S/C13H22O2/c1-9-3-4-12-8-13(15-10(2)14)6-5-11(12)7-9/h9,11-13H,3-8H2,1-2H3. The van der Waals surface area contributed by atoms with Crippen LogP contribution in [0.2, 0.25) is 0 Å². The Labute approximate surface area is 92.4 Å². The van der Waals surface area contributed by atoms with Gasteiger partial charge in [-0.25, -0.2) is 0 Å². The quantitative estimate of drug-likeness (QED) is 0.621. The van der Waals surface area contributed by atoms with Crippen LogP contribution in [-0.2, 0) is 9.53 Å². The van der Waals surface area contributed by atoms with Crippen molar-refractivity contribution in [3.63, 3.8) is 0 Å². The van der Waals surface area contributed by atoms with E-state index < -0.39 is 0 Å². The van der Waals surface area contributed by atoms with Gasteiger partial charge in [-0.2, -0.15) is 0 Å². The summed E-state index contributed by atoms with van der Waals surface area (Å²) in [4.78, 5) is 10.9. The highest BCUT2D eigenvalue weighted by Crippen LogP contribution is 2.43. The number of hydrogen-bond acceptors (Lipinski definition) is 2. The first-order valence-electron chi connectivity index (χ1n) is 6.32. The van der Waals surface area contributed by atoms with Crippen LogP contribution in [0.3, 0.4) is 0 Å². The highest BCUT2D eigenvalue weighted by Gasteiger charge is 2.35. The summed E-state index contributed by atoms with van der Waals surface area (Å²) in [7, 11) is 0. The molecule has 0 N–H and O–H groups in total. The Hall–Kier alpha value is -0.530. The summed E-state index contributed by atoms with van der Waals surface area (Å²) in [5.74, 6) is 2.55. The smallest absolute Gasteiger partial charge is 0.302 e. The van der Waals surface area contributed by atoms with Gasteiger partial charge in [-0.05, 0) is 49.9 Å². The van der Waals surface area contributed by atoms with Gasteiger partial charge in [0.15, 0.2) is 0 Å². The third kappa shape index (κ3) is 2.73. The number of carbonyl (C=O) groups is 1. The average Bonchev–Trinajstić information content (AvgIpc) is 2.17. The van der Waals surface area contributed by atoms with E-state index >= 15 is 0 Å². The van der Waals surface area contributed by atoms with Crippen molar-refractivity contribution in [3.05, 3.63) is 0 Å². The lowest BCUT2D eigenvalue weighted by Gasteiger charge is -2.40. The van der Waals surface area contributed by atoms with Crippen molar-refractivity contribution in [1.29, 1.82) is 0 Å². The summed E-state index contributed by atoms with van der Waals surface area (Å²) in [6.45, 7) is 3.89. The molecule has 0 radical (unpaired) electrons. The molecule has 86 valence electrons. The van der Waals surface area contributed by atoms with Gasteiger partial charge >= 0.3 is 5.97 Å². The second-order valence-electron chi connectivity index (χ2n) is 5.48. The highest BCUT2D eigenvalue weighted by molar-refractivity contribution is 5.66. The minimum atomic E-state index is -0.109. The number of fused-ring (bicyclic) bond motifs is 1. The number of carbonyl (C=O) groups excluding carboxylic acids is 1. The first-order valence-corrected chi connectivity index (χ1v) is 6.32. The molecule has 0 heterocycles. The Bertz CT molecular complexity index is 237. The van der Waals surface area contributed by atoms with E-state index in [0.29, 0.717) is 0 Å². The minimum Gasteiger partial charge on any atom is -0.463 e. The van der Waals surface area contributed by atoms with Gasteiger partial charge < -0.3 is 4.74 Å². The molecule has 0 saturated heterocycles. The number of hydrogen-bond donors (Lipinski definition) is 0. The molecule has 2 saturated carbocycles. The lowest BCUT2D eigenvalue weighted by molar-refractivity contribution is -0.149. The van der Waals surface area contributed by atoms with Crippen molar-refractivity contribution in [3.8, 4) is 0 Å². The van der Waals surface area contributed by atoms with Crippen LogP contribution < -0.4 is 0 Å². The van der Waals surface area contributed by atoms with Crippen LogP contribution in [0.5, 0.6) is 0 Å². The van der Waals surface area contributed by atoms with E-state index in [4.69, 9.17) is 4.74 Å². The van der Waals surface area contributed by atoms with Gasteiger partial charge in [-0.3, -0.25) is 4.79 Å². The number of ether oxygens (including phenoxy) is 1. The van der Waals surface area contributed by atoms with Crippen molar-refractivity contribution >= 4 is 5.97 Å². The fourth-order valence-electron chi connectivity index (χ4n) is 3.42. The molecule has 0 aromatic rings. The Morgan fingerprint density at radius 3 is 2.47 bits per heavy atom. The zero-order valence-electron chi connectivity index (χ0n) is 9.87. The first kappa shape index (κ1) is 11.0. The predicted molar refractivity (Wildman–Crippen MR) is 59.4 cm³/mol. The second kappa shape index (κ2) is 4.54. The van der Waals surface area contributed by atoms with Crippen LogP contribution in [-0.4, -0.2) is 12.1 Å². The van der Waals surface area contributed by atoms with Gasteiger partial charge in [0, 0.05) is 6.92 Å². The summed E-state index contributed by atoms with van der Waals surface area (Å²) in [6, 6.07) is 0. The summed E-state index contributed by atoms with van der Waals surface area (Å²) in [5, 5.41) is 0. The number of esters is 1. The highest BCUT2D eigenvalue weighted by atomic mass is 16.5. The topological polar surface area (TPSA) is 26.3 Å².